The minimum Gasteiger partial charge on any atom is -0.481 e. The quantitative estimate of drug-likeness (QED) is 0.792. The van der Waals surface area contributed by atoms with Crippen LogP contribution in [0.2, 0.25) is 0 Å². The number of carboxylic acid groups (broad SMARTS) is 1. The monoisotopic (exact) mass is 198 g/mol. The smallest absolute Gasteiger partial charge is 0.307 e. The number of carbonyl (C=O) groups is 1. The Labute approximate surface area is 82.1 Å². The number of aromatic nitrogens is 2. The molecular formula is C9H14N2O3. The fourth-order valence-electron chi connectivity index (χ4n) is 1.02. The Hall–Kier alpha value is -1.39. The van der Waals surface area contributed by atoms with Gasteiger partial charge < -0.3 is 9.63 Å². The van der Waals surface area contributed by atoms with E-state index in [1.807, 2.05) is 6.92 Å². The van der Waals surface area contributed by atoms with Crippen molar-refractivity contribution in [2.24, 2.45) is 5.92 Å². The van der Waals surface area contributed by atoms with Gasteiger partial charge in [-0.25, -0.2) is 0 Å². The highest BCUT2D eigenvalue weighted by atomic mass is 16.5. The molecule has 1 N–H and O–H groups in total. The van der Waals surface area contributed by atoms with Crippen LogP contribution in [0.4, 0.5) is 0 Å². The molecule has 2 atom stereocenters. The summed E-state index contributed by atoms with van der Waals surface area (Å²) in [5.74, 6) is -0.601. The average Bonchev–Trinajstić information content (AvgIpc) is 2.63. The van der Waals surface area contributed by atoms with Crippen molar-refractivity contribution < 1.29 is 14.4 Å². The summed E-state index contributed by atoms with van der Waals surface area (Å²) in [5.41, 5.74) is 0. The van der Waals surface area contributed by atoms with E-state index in [0.29, 0.717) is 18.1 Å². The van der Waals surface area contributed by atoms with Crippen molar-refractivity contribution in [3.05, 3.63) is 11.7 Å². The Morgan fingerprint density at radius 3 is 2.64 bits per heavy atom. The van der Waals surface area contributed by atoms with E-state index in [1.165, 1.54) is 0 Å². The van der Waals surface area contributed by atoms with E-state index in [9.17, 15) is 4.79 Å². The molecule has 2 unspecified atom stereocenters. The number of aliphatic carboxylic acids is 1. The maximum Gasteiger partial charge on any atom is 0.307 e. The molecule has 0 fully saturated rings. The van der Waals surface area contributed by atoms with Gasteiger partial charge in [0.15, 0.2) is 5.82 Å². The van der Waals surface area contributed by atoms with Gasteiger partial charge in [-0.2, -0.15) is 4.98 Å². The lowest BCUT2D eigenvalue weighted by Crippen LogP contribution is -2.16. The van der Waals surface area contributed by atoms with Crippen molar-refractivity contribution in [3.63, 3.8) is 0 Å². The third kappa shape index (κ3) is 2.10. The fraction of sp³-hybridized carbons (Fsp3) is 0.667. The Kier molecular flexibility index (Phi) is 3.22. The molecule has 1 heterocycles. The van der Waals surface area contributed by atoms with Crippen LogP contribution in [0.3, 0.4) is 0 Å². The van der Waals surface area contributed by atoms with Gasteiger partial charge in [0.2, 0.25) is 5.89 Å². The highest BCUT2D eigenvalue weighted by Gasteiger charge is 2.25. The zero-order chi connectivity index (χ0) is 10.7. The topological polar surface area (TPSA) is 76.2 Å². The molecule has 0 bridgehead atoms. The first-order chi connectivity index (χ1) is 6.56. The lowest BCUT2D eigenvalue weighted by Gasteiger charge is -2.10. The van der Waals surface area contributed by atoms with Crippen molar-refractivity contribution in [1.29, 1.82) is 0 Å². The van der Waals surface area contributed by atoms with E-state index in [2.05, 4.69) is 10.1 Å². The first-order valence-corrected chi connectivity index (χ1v) is 4.61. The second kappa shape index (κ2) is 4.21. The van der Waals surface area contributed by atoms with Gasteiger partial charge in [-0.1, -0.05) is 25.9 Å². The fourth-order valence-corrected chi connectivity index (χ4v) is 1.02. The van der Waals surface area contributed by atoms with E-state index >= 15 is 0 Å². The summed E-state index contributed by atoms with van der Waals surface area (Å²) in [5, 5.41) is 12.5. The van der Waals surface area contributed by atoms with Gasteiger partial charge >= 0.3 is 5.97 Å². The lowest BCUT2D eigenvalue weighted by atomic mass is 9.96. The van der Waals surface area contributed by atoms with Crippen molar-refractivity contribution in [2.45, 2.75) is 33.1 Å². The zero-order valence-corrected chi connectivity index (χ0v) is 8.52. The van der Waals surface area contributed by atoms with Crippen molar-refractivity contribution >= 4 is 5.97 Å². The molecule has 0 aliphatic rings. The number of hydrogen-bond donors (Lipinski definition) is 1. The van der Waals surface area contributed by atoms with Crippen molar-refractivity contribution in [2.75, 3.05) is 0 Å². The Morgan fingerprint density at radius 1 is 1.57 bits per heavy atom. The Bertz CT molecular complexity index is 322. The van der Waals surface area contributed by atoms with E-state index in [4.69, 9.17) is 9.63 Å². The van der Waals surface area contributed by atoms with Crippen LogP contribution in [-0.4, -0.2) is 21.2 Å². The normalized spacial score (nSPS) is 15.1. The minimum atomic E-state index is -0.853. The molecule has 0 aliphatic carbocycles. The van der Waals surface area contributed by atoms with Gasteiger partial charge in [0.1, 0.15) is 0 Å². The molecule has 78 valence electrons. The van der Waals surface area contributed by atoms with Crippen LogP contribution in [0.1, 0.15) is 38.4 Å². The SMILES string of the molecule is CCc1noc(C(C)C(C)C(=O)O)n1. The van der Waals surface area contributed by atoms with Crippen LogP contribution >= 0.6 is 0 Å². The largest absolute Gasteiger partial charge is 0.481 e. The van der Waals surface area contributed by atoms with E-state index in [1.54, 1.807) is 13.8 Å². The maximum absolute atomic E-state index is 10.7. The summed E-state index contributed by atoms with van der Waals surface area (Å²) in [4.78, 5) is 14.8. The molecule has 1 aromatic rings. The molecule has 1 rings (SSSR count). The molecule has 14 heavy (non-hydrogen) atoms. The Morgan fingerprint density at radius 2 is 2.21 bits per heavy atom. The lowest BCUT2D eigenvalue weighted by molar-refractivity contribution is -0.141. The highest BCUT2D eigenvalue weighted by Crippen LogP contribution is 2.22. The molecule has 5 nitrogen and oxygen atoms in total. The third-order valence-electron chi connectivity index (χ3n) is 2.33. The molecule has 1 aromatic heterocycles. The molecule has 0 aromatic carbocycles. The summed E-state index contributed by atoms with van der Waals surface area (Å²) in [6.45, 7) is 5.31. The van der Waals surface area contributed by atoms with Crippen molar-refractivity contribution in [3.8, 4) is 0 Å². The summed E-state index contributed by atoms with van der Waals surface area (Å²) < 4.78 is 4.96. The second-order valence-electron chi connectivity index (χ2n) is 3.32. The number of hydrogen-bond acceptors (Lipinski definition) is 4. The molecule has 0 aliphatic heterocycles. The second-order valence-corrected chi connectivity index (χ2v) is 3.32. The number of nitrogens with zero attached hydrogens (tertiary/aromatic N) is 2. The summed E-state index contributed by atoms with van der Waals surface area (Å²) in [6, 6.07) is 0. The van der Waals surface area contributed by atoms with Crippen LogP contribution in [0.25, 0.3) is 0 Å². The predicted molar refractivity (Wildman–Crippen MR) is 48.9 cm³/mol. The number of aryl methyl sites for hydroxylation is 1. The predicted octanol–water partition coefficient (Wildman–Crippen LogP) is 1.46. The molecule has 0 amide bonds. The third-order valence-corrected chi connectivity index (χ3v) is 2.33. The highest BCUT2D eigenvalue weighted by molar-refractivity contribution is 5.70. The molecule has 0 spiro atoms. The van der Waals surface area contributed by atoms with Crippen LogP contribution in [0, 0.1) is 5.92 Å². The van der Waals surface area contributed by atoms with Crippen LogP contribution in [-0.2, 0) is 11.2 Å². The maximum atomic E-state index is 10.7. The number of rotatable bonds is 4. The zero-order valence-electron chi connectivity index (χ0n) is 8.52. The van der Waals surface area contributed by atoms with E-state index < -0.39 is 11.9 Å². The van der Waals surface area contributed by atoms with Crippen LogP contribution in [0.5, 0.6) is 0 Å². The standard InChI is InChI=1S/C9H14N2O3/c1-4-7-10-8(14-11-7)5(2)6(3)9(12)13/h5-6H,4H2,1-3H3,(H,12,13). The molecule has 0 radical (unpaired) electrons. The van der Waals surface area contributed by atoms with Gasteiger partial charge in [-0.15, -0.1) is 0 Å². The first kappa shape index (κ1) is 10.7. The van der Waals surface area contributed by atoms with E-state index in [-0.39, 0.29) is 5.92 Å². The molecule has 0 saturated heterocycles. The van der Waals surface area contributed by atoms with Gasteiger partial charge in [0.05, 0.1) is 5.92 Å². The summed E-state index contributed by atoms with van der Waals surface area (Å²) >= 11 is 0. The van der Waals surface area contributed by atoms with Gasteiger partial charge in [-0.3, -0.25) is 4.79 Å². The average molecular weight is 198 g/mol. The minimum absolute atomic E-state index is 0.250. The first-order valence-electron chi connectivity index (χ1n) is 4.61. The molecular weight excluding hydrogens is 184 g/mol. The molecule has 5 heteroatoms. The van der Waals surface area contributed by atoms with Gasteiger partial charge in [-0.05, 0) is 0 Å². The molecule has 0 saturated carbocycles. The van der Waals surface area contributed by atoms with Crippen LogP contribution in [0.15, 0.2) is 4.52 Å². The summed E-state index contributed by atoms with van der Waals surface area (Å²) in [6.07, 6.45) is 0.692. The van der Waals surface area contributed by atoms with Gasteiger partial charge in [0, 0.05) is 12.3 Å². The Balaban J connectivity index is 2.78. The summed E-state index contributed by atoms with van der Waals surface area (Å²) in [7, 11) is 0. The van der Waals surface area contributed by atoms with E-state index in [0.717, 1.165) is 0 Å². The van der Waals surface area contributed by atoms with Crippen LogP contribution < -0.4 is 0 Å². The van der Waals surface area contributed by atoms with Crippen molar-refractivity contribution in [1.82, 2.24) is 10.1 Å². The van der Waals surface area contributed by atoms with Gasteiger partial charge in [0.25, 0.3) is 0 Å². The number of carboxylic acids is 1.